The third-order valence-electron chi connectivity index (χ3n) is 5.54. The number of rotatable bonds is 8. The van der Waals surface area contributed by atoms with Crippen molar-refractivity contribution in [3.63, 3.8) is 0 Å². The van der Waals surface area contributed by atoms with Crippen LogP contribution in [0.2, 0.25) is 0 Å². The maximum Gasteiger partial charge on any atom is 0.330 e. The van der Waals surface area contributed by atoms with Crippen LogP contribution in [0.1, 0.15) is 37.8 Å². The van der Waals surface area contributed by atoms with Crippen molar-refractivity contribution in [1.29, 1.82) is 0 Å². The molecule has 0 heterocycles. The van der Waals surface area contributed by atoms with Gasteiger partial charge in [-0.25, -0.2) is 4.79 Å². The fourth-order valence-corrected chi connectivity index (χ4v) is 3.82. The number of carboxylic acid groups (broad SMARTS) is 1. The SMILES string of the molecule is CC(NC(=O)C(C=CC(=O)OCC1c2ccccc2-c2ccccc21)C(C)C)C(=O)O. The lowest BCUT2D eigenvalue weighted by Gasteiger charge is -2.18. The average molecular weight is 421 g/mol. The van der Waals surface area contributed by atoms with Gasteiger partial charge < -0.3 is 15.2 Å². The molecule has 1 aliphatic rings. The zero-order valence-corrected chi connectivity index (χ0v) is 17.9. The fourth-order valence-electron chi connectivity index (χ4n) is 3.82. The van der Waals surface area contributed by atoms with E-state index in [2.05, 4.69) is 17.4 Å². The van der Waals surface area contributed by atoms with E-state index in [1.165, 1.54) is 19.1 Å². The molecule has 0 saturated heterocycles. The highest BCUT2D eigenvalue weighted by Gasteiger charge is 2.29. The zero-order chi connectivity index (χ0) is 22.5. The molecule has 2 atom stereocenters. The molecule has 1 amide bonds. The first-order valence-electron chi connectivity index (χ1n) is 10.4. The van der Waals surface area contributed by atoms with Gasteiger partial charge in [-0.2, -0.15) is 0 Å². The summed E-state index contributed by atoms with van der Waals surface area (Å²) in [7, 11) is 0. The van der Waals surface area contributed by atoms with Crippen molar-refractivity contribution in [3.05, 3.63) is 71.8 Å². The van der Waals surface area contributed by atoms with E-state index >= 15 is 0 Å². The summed E-state index contributed by atoms with van der Waals surface area (Å²) in [5.74, 6) is -2.87. The molecule has 162 valence electrons. The minimum atomic E-state index is -1.11. The molecular weight excluding hydrogens is 394 g/mol. The van der Waals surface area contributed by atoms with E-state index in [1.807, 2.05) is 50.2 Å². The molecule has 0 spiro atoms. The minimum Gasteiger partial charge on any atom is -0.480 e. The molecular formula is C25H27NO5. The molecule has 2 aromatic carbocycles. The molecule has 2 N–H and O–H groups in total. The zero-order valence-electron chi connectivity index (χ0n) is 17.9. The van der Waals surface area contributed by atoms with Gasteiger partial charge in [0.05, 0.1) is 5.92 Å². The smallest absolute Gasteiger partial charge is 0.330 e. The first-order valence-corrected chi connectivity index (χ1v) is 10.4. The summed E-state index contributed by atoms with van der Waals surface area (Å²) in [4.78, 5) is 35.7. The van der Waals surface area contributed by atoms with Crippen molar-refractivity contribution in [2.45, 2.75) is 32.7 Å². The summed E-state index contributed by atoms with van der Waals surface area (Å²) in [6.45, 7) is 5.26. The molecule has 2 unspecified atom stereocenters. The van der Waals surface area contributed by atoms with Crippen molar-refractivity contribution in [1.82, 2.24) is 5.32 Å². The number of esters is 1. The van der Waals surface area contributed by atoms with E-state index in [1.54, 1.807) is 0 Å². The van der Waals surface area contributed by atoms with Crippen LogP contribution in [-0.2, 0) is 19.1 Å². The predicted octanol–water partition coefficient (Wildman–Crippen LogP) is 3.76. The average Bonchev–Trinajstić information content (AvgIpc) is 3.06. The number of carbonyl (C=O) groups is 3. The quantitative estimate of drug-likeness (QED) is 0.500. The second kappa shape index (κ2) is 9.60. The third-order valence-corrected chi connectivity index (χ3v) is 5.54. The number of fused-ring (bicyclic) bond motifs is 3. The van der Waals surface area contributed by atoms with Crippen LogP contribution in [0.25, 0.3) is 11.1 Å². The number of ether oxygens (including phenoxy) is 1. The van der Waals surface area contributed by atoms with Gasteiger partial charge in [-0.3, -0.25) is 9.59 Å². The number of aliphatic carboxylic acids is 1. The monoisotopic (exact) mass is 421 g/mol. The van der Waals surface area contributed by atoms with Crippen LogP contribution in [0, 0.1) is 11.8 Å². The molecule has 0 aromatic heterocycles. The Morgan fingerprint density at radius 1 is 1.00 bits per heavy atom. The first kappa shape index (κ1) is 22.3. The van der Waals surface area contributed by atoms with Crippen LogP contribution in [0.4, 0.5) is 0 Å². The first-order chi connectivity index (χ1) is 14.8. The highest BCUT2D eigenvalue weighted by Crippen LogP contribution is 2.44. The van der Waals surface area contributed by atoms with Crippen LogP contribution in [0.15, 0.2) is 60.7 Å². The molecule has 6 heteroatoms. The maximum atomic E-state index is 12.4. The van der Waals surface area contributed by atoms with Crippen LogP contribution < -0.4 is 5.32 Å². The second-order valence-electron chi connectivity index (χ2n) is 8.05. The number of hydrogen-bond acceptors (Lipinski definition) is 4. The summed E-state index contributed by atoms with van der Waals surface area (Å²) >= 11 is 0. The van der Waals surface area contributed by atoms with E-state index in [-0.39, 0.29) is 18.4 Å². The van der Waals surface area contributed by atoms with Gasteiger partial charge in [-0.15, -0.1) is 0 Å². The molecule has 3 rings (SSSR count). The second-order valence-corrected chi connectivity index (χ2v) is 8.05. The van der Waals surface area contributed by atoms with Gasteiger partial charge in [0.1, 0.15) is 12.6 Å². The van der Waals surface area contributed by atoms with Crippen molar-refractivity contribution in [2.24, 2.45) is 11.8 Å². The van der Waals surface area contributed by atoms with Crippen LogP contribution in [0.3, 0.4) is 0 Å². The molecule has 31 heavy (non-hydrogen) atoms. The third kappa shape index (κ3) is 5.02. The van der Waals surface area contributed by atoms with Crippen molar-refractivity contribution < 1.29 is 24.2 Å². The highest BCUT2D eigenvalue weighted by atomic mass is 16.5. The van der Waals surface area contributed by atoms with E-state index in [4.69, 9.17) is 9.84 Å². The summed E-state index contributed by atoms with van der Waals surface area (Å²) < 4.78 is 5.52. The normalized spacial score (nSPS) is 14.7. The van der Waals surface area contributed by atoms with Gasteiger partial charge >= 0.3 is 11.9 Å². The number of amides is 1. The number of hydrogen-bond donors (Lipinski definition) is 2. The molecule has 1 aliphatic carbocycles. The highest BCUT2D eigenvalue weighted by molar-refractivity contribution is 5.88. The van der Waals surface area contributed by atoms with E-state index in [0.29, 0.717) is 0 Å². The Hall–Kier alpha value is -3.41. The summed E-state index contributed by atoms with van der Waals surface area (Å²) in [5, 5.41) is 11.4. The Kier molecular flexibility index (Phi) is 6.90. The lowest BCUT2D eigenvalue weighted by atomic mass is 9.94. The Morgan fingerprint density at radius 3 is 2.06 bits per heavy atom. The summed E-state index contributed by atoms with van der Waals surface area (Å²) in [6, 6.07) is 15.2. The molecule has 6 nitrogen and oxygen atoms in total. The lowest BCUT2D eigenvalue weighted by Crippen LogP contribution is -2.42. The Morgan fingerprint density at radius 2 is 1.55 bits per heavy atom. The minimum absolute atomic E-state index is 0.0367. The summed E-state index contributed by atoms with van der Waals surface area (Å²) in [6.07, 6.45) is 2.73. The largest absolute Gasteiger partial charge is 0.480 e. The molecule has 0 fully saturated rings. The Balaban J connectivity index is 1.66. The maximum absolute atomic E-state index is 12.4. The fraction of sp³-hybridized carbons (Fsp3) is 0.320. The molecule has 0 bridgehead atoms. The number of carboxylic acids is 1. The topological polar surface area (TPSA) is 92.7 Å². The van der Waals surface area contributed by atoms with E-state index in [9.17, 15) is 14.4 Å². The predicted molar refractivity (Wildman–Crippen MR) is 117 cm³/mol. The number of carbonyl (C=O) groups excluding carboxylic acids is 2. The molecule has 0 radical (unpaired) electrons. The molecule has 0 aliphatic heterocycles. The van der Waals surface area contributed by atoms with Gasteiger partial charge in [-0.05, 0) is 35.1 Å². The summed E-state index contributed by atoms with van der Waals surface area (Å²) in [5.41, 5.74) is 4.56. The van der Waals surface area contributed by atoms with Crippen LogP contribution in [-0.4, -0.2) is 35.6 Å². The van der Waals surface area contributed by atoms with Crippen molar-refractivity contribution >= 4 is 17.8 Å². The lowest BCUT2D eigenvalue weighted by molar-refractivity contribution is -0.142. The van der Waals surface area contributed by atoms with Crippen molar-refractivity contribution in [2.75, 3.05) is 6.61 Å². The van der Waals surface area contributed by atoms with Gasteiger partial charge in [0.15, 0.2) is 0 Å². The van der Waals surface area contributed by atoms with Crippen LogP contribution in [0.5, 0.6) is 0 Å². The number of benzene rings is 2. The standard InChI is InChI=1S/C25H27NO5/c1-15(2)17(24(28)26-16(3)25(29)30)12-13-23(27)31-14-22-20-10-6-4-8-18(20)19-9-5-7-11-21(19)22/h4-13,15-17,22H,14H2,1-3H3,(H,26,28)(H,29,30). The Bertz CT molecular complexity index is 965. The van der Waals surface area contributed by atoms with Gasteiger partial charge in [0.25, 0.3) is 0 Å². The van der Waals surface area contributed by atoms with Gasteiger partial charge in [0.2, 0.25) is 5.91 Å². The Labute approximate surface area is 181 Å². The van der Waals surface area contributed by atoms with Crippen LogP contribution >= 0.6 is 0 Å². The van der Waals surface area contributed by atoms with Crippen molar-refractivity contribution in [3.8, 4) is 11.1 Å². The van der Waals surface area contributed by atoms with E-state index in [0.717, 1.165) is 22.3 Å². The van der Waals surface area contributed by atoms with E-state index < -0.39 is 29.8 Å². The van der Waals surface area contributed by atoms with Gasteiger partial charge in [-0.1, -0.05) is 68.5 Å². The van der Waals surface area contributed by atoms with Gasteiger partial charge in [0, 0.05) is 12.0 Å². The molecule has 0 saturated carbocycles. The number of nitrogens with one attached hydrogen (secondary N) is 1. The molecule has 2 aromatic rings.